The number of hydrogen-bond donors (Lipinski definition) is 0. The predicted molar refractivity (Wildman–Crippen MR) is 107 cm³/mol. The summed E-state index contributed by atoms with van der Waals surface area (Å²) in [6.07, 6.45) is 0.251. The lowest BCUT2D eigenvalue weighted by Gasteiger charge is -2.21. The van der Waals surface area contributed by atoms with Crippen LogP contribution < -0.4 is 14.9 Å². The van der Waals surface area contributed by atoms with Crippen LogP contribution in [0.2, 0.25) is 0 Å². The molecule has 2 atom stereocenters. The minimum atomic E-state index is -0.359. The lowest BCUT2D eigenvalue weighted by atomic mass is 9.79. The van der Waals surface area contributed by atoms with Crippen LogP contribution in [0.5, 0.6) is 11.5 Å². The zero-order valence-corrected chi connectivity index (χ0v) is 16.7. The van der Waals surface area contributed by atoms with E-state index < -0.39 is 0 Å². The van der Waals surface area contributed by atoms with E-state index >= 15 is 0 Å². The van der Waals surface area contributed by atoms with Crippen molar-refractivity contribution in [2.24, 2.45) is 0 Å². The van der Waals surface area contributed by atoms with E-state index in [4.69, 9.17) is 26.8 Å². The van der Waals surface area contributed by atoms with E-state index in [2.05, 4.69) is 0 Å². The predicted octanol–water partition coefficient (Wildman–Crippen LogP) is 3.08. The lowest BCUT2D eigenvalue weighted by Crippen LogP contribution is -2.17. The number of benzene rings is 2. The zero-order chi connectivity index (χ0) is 20.0. The van der Waals surface area contributed by atoms with Gasteiger partial charge >= 0.3 is 0 Å². The second kappa shape index (κ2) is 7.41. The van der Waals surface area contributed by atoms with Crippen LogP contribution in [0.25, 0.3) is 11.1 Å². The number of rotatable bonds is 7. The molecule has 28 heavy (non-hydrogen) atoms. The molecule has 2 radical (unpaired) electrons. The van der Waals surface area contributed by atoms with Gasteiger partial charge in [-0.1, -0.05) is 5.46 Å². The highest BCUT2D eigenvalue weighted by Gasteiger charge is 2.26. The molecule has 2 aliphatic rings. The van der Waals surface area contributed by atoms with Crippen LogP contribution in [-0.4, -0.2) is 46.5 Å². The van der Waals surface area contributed by atoms with E-state index in [1.807, 2.05) is 26.8 Å². The highest BCUT2D eigenvalue weighted by atomic mass is 19.1. The molecule has 6 heteroatoms. The van der Waals surface area contributed by atoms with E-state index in [0.29, 0.717) is 30.8 Å². The van der Waals surface area contributed by atoms with Crippen molar-refractivity contribution in [1.82, 2.24) is 0 Å². The molecule has 0 saturated carbocycles. The molecule has 0 amide bonds. The molecule has 0 aliphatic carbocycles. The molecule has 2 saturated heterocycles. The third-order valence-electron chi connectivity index (χ3n) is 5.33. The maximum absolute atomic E-state index is 15.0. The summed E-state index contributed by atoms with van der Waals surface area (Å²) in [7, 11) is 6.46. The Morgan fingerprint density at radius 1 is 0.964 bits per heavy atom. The van der Waals surface area contributed by atoms with E-state index in [1.54, 1.807) is 13.0 Å². The normalized spacial score (nSPS) is 20.2. The number of hydrogen-bond acceptors (Lipinski definition) is 4. The Hall–Kier alpha value is -2.05. The first-order valence-electron chi connectivity index (χ1n) is 9.55. The minimum Gasteiger partial charge on any atom is -0.490 e. The fourth-order valence-corrected chi connectivity index (χ4v) is 3.54. The molecule has 2 aromatic rings. The minimum absolute atomic E-state index is 0.0780. The Bertz CT molecular complexity index is 920. The molecule has 2 fully saturated rings. The SMILES string of the molecule is [B]c1c(-c2c(C)cc(OCC3CO3)c(F)c2C)cc(C)c(OCC2CO2)c1C. The van der Waals surface area contributed by atoms with Crippen molar-refractivity contribution in [3.63, 3.8) is 0 Å². The number of aryl methyl sites for hydroxylation is 2. The second-order valence-electron chi connectivity index (χ2n) is 7.65. The summed E-state index contributed by atoms with van der Waals surface area (Å²) in [5.74, 6) is 0.671. The summed E-state index contributed by atoms with van der Waals surface area (Å²) in [4.78, 5) is 0. The Labute approximate surface area is 166 Å². The van der Waals surface area contributed by atoms with Crippen molar-refractivity contribution in [3.8, 4) is 22.6 Å². The first-order chi connectivity index (χ1) is 13.4. The van der Waals surface area contributed by atoms with Gasteiger partial charge in [0.05, 0.1) is 13.2 Å². The summed E-state index contributed by atoms with van der Waals surface area (Å²) in [5, 5.41) is 0. The Morgan fingerprint density at radius 3 is 2.18 bits per heavy atom. The van der Waals surface area contributed by atoms with Gasteiger partial charge in [-0.2, -0.15) is 0 Å². The molecule has 0 N–H and O–H groups in total. The van der Waals surface area contributed by atoms with Gasteiger partial charge in [0.1, 0.15) is 39.0 Å². The first kappa shape index (κ1) is 19.3. The summed E-state index contributed by atoms with van der Waals surface area (Å²) in [5.41, 5.74) is 5.48. The van der Waals surface area contributed by atoms with Gasteiger partial charge in [0, 0.05) is 0 Å². The molecule has 0 aromatic heterocycles. The van der Waals surface area contributed by atoms with Gasteiger partial charge in [0.25, 0.3) is 0 Å². The molecule has 4 rings (SSSR count). The highest BCUT2D eigenvalue weighted by Crippen LogP contribution is 2.36. The largest absolute Gasteiger partial charge is 0.490 e. The number of halogens is 1. The van der Waals surface area contributed by atoms with E-state index in [9.17, 15) is 4.39 Å². The second-order valence-corrected chi connectivity index (χ2v) is 7.65. The van der Waals surface area contributed by atoms with Crippen molar-refractivity contribution in [3.05, 3.63) is 40.2 Å². The Balaban J connectivity index is 1.70. The summed E-state index contributed by atoms with van der Waals surface area (Å²) < 4.78 is 36.8. The van der Waals surface area contributed by atoms with Crippen molar-refractivity contribution >= 4 is 13.3 Å². The quantitative estimate of drug-likeness (QED) is 0.546. The third kappa shape index (κ3) is 3.76. The Kier molecular flexibility index (Phi) is 5.10. The topological polar surface area (TPSA) is 43.5 Å². The van der Waals surface area contributed by atoms with Gasteiger partial charge in [-0.15, -0.1) is 0 Å². The van der Waals surface area contributed by atoms with Gasteiger partial charge in [0.2, 0.25) is 0 Å². The first-order valence-corrected chi connectivity index (χ1v) is 9.55. The third-order valence-corrected chi connectivity index (χ3v) is 5.33. The summed E-state index contributed by atoms with van der Waals surface area (Å²) in [6, 6.07) is 3.71. The van der Waals surface area contributed by atoms with Crippen LogP contribution in [-0.2, 0) is 9.47 Å². The van der Waals surface area contributed by atoms with Crippen LogP contribution in [0.3, 0.4) is 0 Å². The molecule has 0 bridgehead atoms. The molecule has 2 heterocycles. The monoisotopic (exact) mass is 382 g/mol. The maximum Gasteiger partial charge on any atom is 0.168 e. The number of ether oxygens (including phenoxy) is 4. The molecule has 2 aromatic carbocycles. The molecule has 2 unspecified atom stereocenters. The van der Waals surface area contributed by atoms with Crippen molar-refractivity contribution in [1.29, 1.82) is 0 Å². The van der Waals surface area contributed by atoms with Crippen LogP contribution in [0.15, 0.2) is 12.1 Å². The van der Waals surface area contributed by atoms with E-state index in [0.717, 1.165) is 40.2 Å². The van der Waals surface area contributed by atoms with Crippen molar-refractivity contribution in [2.75, 3.05) is 26.4 Å². The summed E-state index contributed by atoms with van der Waals surface area (Å²) >= 11 is 0. The van der Waals surface area contributed by atoms with Gasteiger partial charge in [-0.25, -0.2) is 4.39 Å². The van der Waals surface area contributed by atoms with E-state index in [-0.39, 0.29) is 23.8 Å². The van der Waals surface area contributed by atoms with Crippen molar-refractivity contribution in [2.45, 2.75) is 39.9 Å². The van der Waals surface area contributed by atoms with Crippen LogP contribution >= 0.6 is 0 Å². The van der Waals surface area contributed by atoms with Gasteiger partial charge in [-0.3, -0.25) is 0 Å². The van der Waals surface area contributed by atoms with Gasteiger partial charge < -0.3 is 18.9 Å². The summed E-state index contributed by atoms with van der Waals surface area (Å²) in [6.45, 7) is 9.92. The molecule has 4 nitrogen and oxygen atoms in total. The smallest absolute Gasteiger partial charge is 0.168 e. The van der Waals surface area contributed by atoms with E-state index in [1.165, 1.54) is 0 Å². The zero-order valence-electron chi connectivity index (χ0n) is 16.7. The molecule has 146 valence electrons. The van der Waals surface area contributed by atoms with Crippen molar-refractivity contribution < 1.29 is 23.3 Å². The Morgan fingerprint density at radius 2 is 1.57 bits per heavy atom. The van der Waals surface area contributed by atoms with Gasteiger partial charge in [-0.05, 0) is 73.2 Å². The fraction of sp³-hybridized carbons (Fsp3) is 0.455. The van der Waals surface area contributed by atoms with Crippen LogP contribution in [0.4, 0.5) is 4.39 Å². The number of epoxide rings is 2. The van der Waals surface area contributed by atoms with Crippen LogP contribution in [0.1, 0.15) is 22.3 Å². The average Bonchev–Trinajstić information content (AvgIpc) is 3.55. The van der Waals surface area contributed by atoms with Gasteiger partial charge in [0.15, 0.2) is 11.6 Å². The highest BCUT2D eigenvalue weighted by molar-refractivity contribution is 6.37. The molecule has 0 spiro atoms. The maximum atomic E-state index is 15.0. The average molecular weight is 382 g/mol. The molecule has 2 aliphatic heterocycles. The van der Waals surface area contributed by atoms with Crippen LogP contribution in [0, 0.1) is 33.5 Å². The molecular formula is C22H24BFO4. The fourth-order valence-electron chi connectivity index (χ4n) is 3.54. The standard InChI is InChI=1S/C22H24BFO4/c1-11-6-18(27-9-15-7-25-15)21(24)13(3)19(11)17-5-12(2)22(14(4)20(17)23)28-10-16-8-26-16/h5-6,15-16H,7-10H2,1-4H3. The lowest BCUT2D eigenvalue weighted by molar-refractivity contribution is 0.253. The molecular weight excluding hydrogens is 358 g/mol.